The van der Waals surface area contributed by atoms with E-state index in [9.17, 15) is 17.6 Å². The monoisotopic (exact) mass is 276 g/mol. The first-order valence-corrected chi connectivity index (χ1v) is 5.45. The molecule has 1 aromatic carbocycles. The number of fused-ring (bicyclic) bond motifs is 1. The van der Waals surface area contributed by atoms with Gasteiger partial charge >= 0.3 is 12.0 Å². The molecule has 3 nitrogen and oxygen atoms in total. The summed E-state index contributed by atoms with van der Waals surface area (Å²) in [6.07, 6.45) is -3.22. The third kappa shape index (κ3) is 2.13. The van der Waals surface area contributed by atoms with Crippen molar-refractivity contribution in [1.82, 2.24) is 4.90 Å². The molecule has 0 bridgehead atoms. The molecule has 0 unspecified atom stereocenters. The molecule has 0 fully saturated rings. The van der Waals surface area contributed by atoms with Gasteiger partial charge in [0.15, 0.2) is 5.75 Å². The molecule has 0 spiro atoms. The van der Waals surface area contributed by atoms with Gasteiger partial charge in [-0.1, -0.05) is 0 Å². The molecule has 2 rings (SSSR count). The molecular formula is C12H12F4N2O. The first-order valence-electron chi connectivity index (χ1n) is 5.45. The number of aryl methyl sites for hydroxylation is 1. The van der Waals surface area contributed by atoms with Gasteiger partial charge < -0.3 is 9.64 Å². The summed E-state index contributed by atoms with van der Waals surface area (Å²) >= 11 is 0. The average molecular weight is 276 g/mol. The van der Waals surface area contributed by atoms with E-state index in [0.29, 0.717) is 5.56 Å². The van der Waals surface area contributed by atoms with E-state index in [4.69, 9.17) is 0 Å². The van der Waals surface area contributed by atoms with E-state index in [-0.39, 0.29) is 5.69 Å². The van der Waals surface area contributed by atoms with E-state index < -0.39 is 23.3 Å². The highest BCUT2D eigenvalue weighted by molar-refractivity contribution is 5.68. The van der Waals surface area contributed by atoms with Crippen molar-refractivity contribution < 1.29 is 22.3 Å². The molecule has 0 atom stereocenters. The first-order chi connectivity index (χ1) is 8.65. The predicted octanol–water partition coefficient (Wildman–Crippen LogP) is 3.29. The second-order valence-electron chi connectivity index (χ2n) is 4.56. The van der Waals surface area contributed by atoms with Crippen LogP contribution < -0.4 is 4.74 Å². The zero-order valence-corrected chi connectivity index (χ0v) is 10.5. The maximum Gasteiger partial charge on any atom is 0.469 e. The smallest absolute Gasteiger partial charge is 0.425 e. The van der Waals surface area contributed by atoms with E-state index in [1.807, 2.05) is 0 Å². The van der Waals surface area contributed by atoms with E-state index in [1.54, 1.807) is 19.0 Å². The summed E-state index contributed by atoms with van der Waals surface area (Å²) in [6, 6.07) is 2.40. The Labute approximate surface area is 107 Å². The van der Waals surface area contributed by atoms with Crippen LogP contribution in [-0.2, 0) is 5.92 Å². The van der Waals surface area contributed by atoms with Gasteiger partial charge in [-0.15, -0.1) is 0 Å². The van der Waals surface area contributed by atoms with Crippen molar-refractivity contribution in [3.8, 4) is 5.75 Å². The van der Waals surface area contributed by atoms with Crippen LogP contribution in [0.25, 0.3) is 0 Å². The molecule has 104 valence electrons. The van der Waals surface area contributed by atoms with Crippen molar-refractivity contribution in [2.75, 3.05) is 14.1 Å². The minimum Gasteiger partial charge on any atom is -0.425 e. The Morgan fingerprint density at radius 3 is 2.42 bits per heavy atom. The molecule has 7 heteroatoms. The normalized spacial score (nSPS) is 19.3. The highest BCUT2D eigenvalue weighted by Gasteiger charge is 2.67. The molecule has 1 aliphatic heterocycles. The van der Waals surface area contributed by atoms with Crippen LogP contribution in [0.15, 0.2) is 17.1 Å². The third-order valence-electron chi connectivity index (χ3n) is 2.58. The van der Waals surface area contributed by atoms with Crippen LogP contribution in [0, 0.1) is 6.92 Å². The lowest BCUT2D eigenvalue weighted by Gasteiger charge is -2.16. The SMILES string of the molecule is Cc1cc(N=CN(C)C)c2c(c1)C(F)(F)C(F)(F)O2. The second kappa shape index (κ2) is 4.11. The average Bonchev–Trinajstić information content (AvgIpc) is 2.44. The van der Waals surface area contributed by atoms with Gasteiger partial charge in [-0.2, -0.15) is 17.6 Å². The van der Waals surface area contributed by atoms with Gasteiger partial charge in [0.1, 0.15) is 5.69 Å². The molecule has 0 saturated carbocycles. The quantitative estimate of drug-likeness (QED) is 0.470. The number of hydrogen-bond donors (Lipinski definition) is 0. The zero-order valence-electron chi connectivity index (χ0n) is 10.5. The summed E-state index contributed by atoms with van der Waals surface area (Å²) in [6.45, 7) is 1.53. The van der Waals surface area contributed by atoms with Gasteiger partial charge in [0.25, 0.3) is 0 Å². The molecule has 19 heavy (non-hydrogen) atoms. The maximum atomic E-state index is 13.5. The molecule has 0 aromatic heterocycles. The van der Waals surface area contributed by atoms with Crippen LogP contribution in [0.5, 0.6) is 5.75 Å². The van der Waals surface area contributed by atoms with Crippen LogP contribution in [0.1, 0.15) is 11.1 Å². The molecular weight excluding hydrogens is 264 g/mol. The van der Waals surface area contributed by atoms with E-state index in [2.05, 4.69) is 9.73 Å². The van der Waals surface area contributed by atoms with E-state index in [0.717, 1.165) is 6.07 Å². The Morgan fingerprint density at radius 2 is 1.84 bits per heavy atom. The minimum absolute atomic E-state index is 0.0412. The fourth-order valence-corrected chi connectivity index (χ4v) is 1.72. The first kappa shape index (κ1) is 13.6. The van der Waals surface area contributed by atoms with Crippen LogP contribution in [0.3, 0.4) is 0 Å². The Hall–Kier alpha value is -1.79. The van der Waals surface area contributed by atoms with Crippen molar-refractivity contribution in [2.24, 2.45) is 4.99 Å². The van der Waals surface area contributed by atoms with Gasteiger partial charge in [0, 0.05) is 14.1 Å². The lowest BCUT2D eigenvalue weighted by Crippen LogP contribution is -2.36. The second-order valence-corrected chi connectivity index (χ2v) is 4.56. The van der Waals surface area contributed by atoms with Crippen LogP contribution >= 0.6 is 0 Å². The Morgan fingerprint density at radius 1 is 1.21 bits per heavy atom. The molecule has 0 radical (unpaired) electrons. The van der Waals surface area contributed by atoms with Crippen molar-refractivity contribution >= 4 is 12.0 Å². The number of ether oxygens (including phenoxy) is 1. The Balaban J connectivity index is 2.58. The largest absolute Gasteiger partial charge is 0.469 e. The fourth-order valence-electron chi connectivity index (χ4n) is 1.72. The summed E-state index contributed by atoms with van der Waals surface area (Å²) in [4.78, 5) is 5.43. The van der Waals surface area contributed by atoms with E-state index in [1.165, 1.54) is 19.3 Å². The predicted molar refractivity (Wildman–Crippen MR) is 62.5 cm³/mol. The van der Waals surface area contributed by atoms with Crippen molar-refractivity contribution in [3.63, 3.8) is 0 Å². The van der Waals surface area contributed by atoms with Gasteiger partial charge in [-0.25, -0.2) is 4.99 Å². The summed E-state index contributed by atoms with van der Waals surface area (Å²) in [5.74, 6) is -4.92. The number of halogens is 4. The van der Waals surface area contributed by atoms with Crippen molar-refractivity contribution in [2.45, 2.75) is 19.0 Å². The van der Waals surface area contributed by atoms with Gasteiger partial charge in [0.05, 0.1) is 11.9 Å². The van der Waals surface area contributed by atoms with Gasteiger partial charge in [-0.05, 0) is 24.6 Å². The van der Waals surface area contributed by atoms with Crippen LogP contribution in [-0.4, -0.2) is 31.4 Å². The van der Waals surface area contributed by atoms with Crippen molar-refractivity contribution in [3.05, 3.63) is 23.3 Å². The molecule has 1 heterocycles. The maximum absolute atomic E-state index is 13.5. The summed E-state index contributed by atoms with van der Waals surface area (Å²) in [5, 5.41) is 0. The number of rotatable bonds is 2. The molecule has 0 saturated heterocycles. The van der Waals surface area contributed by atoms with Crippen LogP contribution in [0.2, 0.25) is 0 Å². The van der Waals surface area contributed by atoms with Crippen LogP contribution in [0.4, 0.5) is 23.2 Å². The number of hydrogen-bond acceptors (Lipinski definition) is 2. The molecule has 0 N–H and O–H groups in total. The topological polar surface area (TPSA) is 24.8 Å². The zero-order chi connectivity index (χ0) is 14.4. The highest BCUT2D eigenvalue weighted by atomic mass is 19.3. The van der Waals surface area contributed by atoms with Crippen molar-refractivity contribution in [1.29, 1.82) is 0 Å². The summed E-state index contributed by atoms with van der Waals surface area (Å²) < 4.78 is 57.6. The standard InChI is InChI=1S/C12H12F4N2O/c1-7-4-8-10(9(5-7)17-6-18(2)3)19-12(15,16)11(8,13)14/h4-6H,1-3H3. The number of benzene rings is 1. The number of nitrogens with zero attached hydrogens (tertiary/aromatic N) is 2. The van der Waals surface area contributed by atoms with Gasteiger partial charge in [0.2, 0.25) is 0 Å². The number of aliphatic imine (C=N–C) groups is 1. The summed E-state index contributed by atoms with van der Waals surface area (Å²) in [5.41, 5.74) is -0.463. The molecule has 0 amide bonds. The lowest BCUT2D eigenvalue weighted by molar-refractivity contribution is -0.296. The minimum atomic E-state index is -4.55. The molecule has 1 aromatic rings. The molecule has 0 aliphatic carbocycles. The molecule has 1 aliphatic rings. The highest BCUT2D eigenvalue weighted by Crippen LogP contribution is 2.56. The third-order valence-corrected chi connectivity index (χ3v) is 2.58. The fraction of sp³-hybridized carbons (Fsp3) is 0.417. The Bertz CT molecular complexity index is 541. The van der Waals surface area contributed by atoms with E-state index >= 15 is 0 Å². The number of alkyl halides is 4. The Kier molecular flexibility index (Phi) is 2.95. The lowest BCUT2D eigenvalue weighted by atomic mass is 10.0. The van der Waals surface area contributed by atoms with Gasteiger partial charge in [-0.3, -0.25) is 0 Å². The summed E-state index contributed by atoms with van der Waals surface area (Å²) in [7, 11) is 3.34.